The number of imidazole rings is 1. The summed E-state index contributed by atoms with van der Waals surface area (Å²) in [5, 5.41) is 3.34. The Balaban J connectivity index is 1.59. The molecule has 7 nitrogen and oxygen atoms in total. The van der Waals surface area contributed by atoms with Gasteiger partial charge in [-0.15, -0.1) is 11.8 Å². The number of methoxy groups -OCH3 is 1. The minimum Gasteiger partial charge on any atom is -0.455 e. The molecule has 3 aromatic rings. The predicted octanol–water partition coefficient (Wildman–Crippen LogP) is 3.20. The van der Waals surface area contributed by atoms with E-state index >= 15 is 0 Å². The first-order valence-corrected chi connectivity index (χ1v) is 10.2. The van der Waals surface area contributed by atoms with Gasteiger partial charge in [0, 0.05) is 30.9 Å². The number of amides is 1. The van der Waals surface area contributed by atoms with Crippen LogP contribution in [0.1, 0.15) is 16.1 Å². The molecule has 1 aromatic carbocycles. The van der Waals surface area contributed by atoms with Crippen LogP contribution in [0.25, 0.3) is 5.65 Å². The van der Waals surface area contributed by atoms with Crippen LogP contribution in [0.2, 0.25) is 5.02 Å². The Morgan fingerprint density at radius 1 is 1.21 bits per heavy atom. The van der Waals surface area contributed by atoms with Crippen molar-refractivity contribution in [2.24, 2.45) is 0 Å². The predicted molar refractivity (Wildman–Crippen MR) is 111 cm³/mol. The minimum atomic E-state index is -0.469. The molecular formula is C20H20ClN3O4S. The molecule has 0 unspecified atom stereocenters. The molecule has 0 saturated carbocycles. The van der Waals surface area contributed by atoms with E-state index in [0.29, 0.717) is 34.3 Å². The minimum absolute atomic E-state index is 0.0363. The van der Waals surface area contributed by atoms with E-state index in [1.165, 1.54) is 11.8 Å². The topological polar surface area (TPSA) is 81.9 Å². The van der Waals surface area contributed by atoms with Crippen molar-refractivity contribution in [2.45, 2.75) is 11.5 Å². The second-order valence-electron chi connectivity index (χ2n) is 6.05. The van der Waals surface area contributed by atoms with Gasteiger partial charge in [-0.2, -0.15) is 0 Å². The third kappa shape index (κ3) is 5.96. The summed E-state index contributed by atoms with van der Waals surface area (Å²) < 4.78 is 12.1. The van der Waals surface area contributed by atoms with E-state index in [9.17, 15) is 9.59 Å². The number of pyridine rings is 1. The van der Waals surface area contributed by atoms with Gasteiger partial charge in [0.15, 0.2) is 0 Å². The highest BCUT2D eigenvalue weighted by atomic mass is 35.5. The fraction of sp³-hybridized carbons (Fsp3) is 0.250. The smallest absolute Gasteiger partial charge is 0.339 e. The van der Waals surface area contributed by atoms with Crippen molar-refractivity contribution >= 4 is 40.9 Å². The molecule has 1 amide bonds. The van der Waals surface area contributed by atoms with Crippen molar-refractivity contribution in [3.63, 3.8) is 0 Å². The van der Waals surface area contributed by atoms with Gasteiger partial charge in [0.05, 0.1) is 28.6 Å². The highest BCUT2D eigenvalue weighted by Crippen LogP contribution is 2.23. The Bertz CT molecular complexity index is 1010. The van der Waals surface area contributed by atoms with E-state index in [1.54, 1.807) is 54.2 Å². The van der Waals surface area contributed by atoms with Crippen LogP contribution in [0.4, 0.5) is 0 Å². The fourth-order valence-corrected chi connectivity index (χ4v) is 3.59. The van der Waals surface area contributed by atoms with Crippen LogP contribution in [0.15, 0.2) is 53.7 Å². The van der Waals surface area contributed by atoms with Crippen molar-refractivity contribution < 1.29 is 19.1 Å². The zero-order chi connectivity index (χ0) is 20.6. The number of ether oxygens (including phenoxy) is 2. The Morgan fingerprint density at radius 2 is 2.03 bits per heavy atom. The summed E-state index contributed by atoms with van der Waals surface area (Å²) in [5.74, 6) is -0.400. The molecule has 0 spiro atoms. The normalized spacial score (nSPS) is 10.8. The number of rotatable bonds is 9. The number of halogens is 1. The number of esters is 1. The molecule has 0 fully saturated rings. The van der Waals surface area contributed by atoms with Crippen molar-refractivity contribution in [3.05, 3.63) is 65.1 Å². The van der Waals surface area contributed by atoms with Crippen molar-refractivity contribution in [2.75, 3.05) is 26.0 Å². The first-order valence-electron chi connectivity index (χ1n) is 8.84. The van der Waals surface area contributed by atoms with E-state index in [4.69, 9.17) is 21.1 Å². The van der Waals surface area contributed by atoms with Crippen molar-refractivity contribution in [3.8, 4) is 0 Å². The largest absolute Gasteiger partial charge is 0.455 e. The summed E-state index contributed by atoms with van der Waals surface area (Å²) in [6.07, 6.45) is 3.50. The molecule has 9 heteroatoms. The molecule has 3 rings (SSSR count). The summed E-state index contributed by atoms with van der Waals surface area (Å²) >= 11 is 7.25. The van der Waals surface area contributed by atoms with Crippen LogP contribution in [-0.4, -0.2) is 47.3 Å². The number of nitrogens with one attached hydrogen (secondary N) is 1. The molecular weight excluding hydrogens is 414 g/mol. The second kappa shape index (κ2) is 10.3. The maximum atomic E-state index is 12.6. The monoisotopic (exact) mass is 433 g/mol. The summed E-state index contributed by atoms with van der Waals surface area (Å²) in [4.78, 5) is 29.5. The van der Waals surface area contributed by atoms with Crippen LogP contribution >= 0.6 is 23.4 Å². The molecule has 0 bridgehead atoms. The first-order chi connectivity index (χ1) is 14.1. The van der Waals surface area contributed by atoms with Gasteiger partial charge in [0.1, 0.15) is 12.3 Å². The molecule has 2 aromatic heterocycles. The van der Waals surface area contributed by atoms with E-state index in [0.717, 1.165) is 5.65 Å². The van der Waals surface area contributed by atoms with E-state index in [1.807, 2.05) is 6.07 Å². The van der Waals surface area contributed by atoms with E-state index < -0.39 is 5.97 Å². The maximum absolute atomic E-state index is 12.6. The lowest BCUT2D eigenvalue weighted by Crippen LogP contribution is -2.28. The van der Waals surface area contributed by atoms with E-state index in [2.05, 4.69) is 10.3 Å². The van der Waals surface area contributed by atoms with Gasteiger partial charge in [-0.25, -0.2) is 9.78 Å². The first kappa shape index (κ1) is 21.2. The summed E-state index contributed by atoms with van der Waals surface area (Å²) in [6.45, 7) is 0.938. The van der Waals surface area contributed by atoms with Crippen LogP contribution in [-0.2, 0) is 20.9 Å². The number of aromatic nitrogens is 2. The number of hydrogen-bond donors (Lipinski definition) is 1. The molecule has 2 heterocycles. The molecule has 29 heavy (non-hydrogen) atoms. The number of thioether (sulfide) groups is 1. The van der Waals surface area contributed by atoms with Gasteiger partial charge in [-0.3, -0.25) is 4.79 Å². The molecule has 0 atom stereocenters. The third-order valence-electron chi connectivity index (χ3n) is 3.91. The second-order valence-corrected chi connectivity index (χ2v) is 7.50. The van der Waals surface area contributed by atoms with Gasteiger partial charge in [-0.05, 0) is 24.3 Å². The van der Waals surface area contributed by atoms with Crippen molar-refractivity contribution in [1.29, 1.82) is 0 Å². The number of carbonyl (C=O) groups is 2. The summed E-state index contributed by atoms with van der Waals surface area (Å²) in [5.41, 5.74) is 1.74. The van der Waals surface area contributed by atoms with Crippen LogP contribution in [0.3, 0.4) is 0 Å². The quantitative estimate of drug-likeness (QED) is 0.317. The van der Waals surface area contributed by atoms with Crippen LogP contribution < -0.4 is 5.32 Å². The third-order valence-corrected chi connectivity index (χ3v) is 5.21. The average molecular weight is 434 g/mol. The van der Waals surface area contributed by atoms with Gasteiger partial charge in [0.25, 0.3) is 0 Å². The average Bonchev–Trinajstić information content (AvgIpc) is 3.13. The maximum Gasteiger partial charge on any atom is 0.339 e. The molecule has 0 radical (unpaired) electrons. The van der Waals surface area contributed by atoms with Gasteiger partial charge >= 0.3 is 5.97 Å². The summed E-state index contributed by atoms with van der Waals surface area (Å²) in [7, 11) is 1.57. The van der Waals surface area contributed by atoms with Gasteiger partial charge in [-0.1, -0.05) is 23.7 Å². The number of nitrogens with zero attached hydrogens (tertiary/aromatic N) is 2. The standard InChI is InChI=1S/C20H20ClN3O4S/c1-27-9-8-22-19(25)13-29-17-5-3-2-4-16(17)20(26)28-12-15-11-24-10-14(21)6-7-18(24)23-15/h2-7,10-11H,8-9,12-13H2,1H3,(H,22,25). The zero-order valence-corrected chi connectivity index (χ0v) is 17.3. The molecule has 0 saturated heterocycles. The molecule has 152 valence electrons. The lowest BCUT2D eigenvalue weighted by molar-refractivity contribution is -0.118. The number of hydrogen-bond acceptors (Lipinski definition) is 6. The highest BCUT2D eigenvalue weighted by Gasteiger charge is 2.15. The van der Waals surface area contributed by atoms with Crippen LogP contribution in [0, 0.1) is 0 Å². The van der Waals surface area contributed by atoms with Gasteiger partial charge in [0.2, 0.25) is 5.91 Å². The van der Waals surface area contributed by atoms with Gasteiger partial charge < -0.3 is 19.2 Å². The number of benzene rings is 1. The van der Waals surface area contributed by atoms with E-state index in [-0.39, 0.29) is 18.3 Å². The lowest BCUT2D eigenvalue weighted by atomic mass is 10.2. The zero-order valence-electron chi connectivity index (χ0n) is 15.8. The molecule has 1 N–H and O–H groups in total. The fourth-order valence-electron chi connectivity index (χ4n) is 2.55. The lowest BCUT2D eigenvalue weighted by Gasteiger charge is -2.09. The molecule has 0 aliphatic carbocycles. The van der Waals surface area contributed by atoms with Crippen molar-refractivity contribution in [1.82, 2.24) is 14.7 Å². The molecule has 0 aliphatic heterocycles. The highest BCUT2D eigenvalue weighted by molar-refractivity contribution is 8.00. The molecule has 0 aliphatic rings. The Labute approximate surface area is 177 Å². The SMILES string of the molecule is COCCNC(=O)CSc1ccccc1C(=O)OCc1cn2cc(Cl)ccc2n1. The Kier molecular flexibility index (Phi) is 7.51. The summed E-state index contributed by atoms with van der Waals surface area (Å²) in [6, 6.07) is 10.6. The Hall–Kier alpha value is -2.55. The number of fused-ring (bicyclic) bond motifs is 1. The number of carbonyl (C=O) groups excluding carboxylic acids is 2. The van der Waals surface area contributed by atoms with Crippen LogP contribution in [0.5, 0.6) is 0 Å². The Morgan fingerprint density at radius 3 is 2.86 bits per heavy atom.